The molecule has 0 aliphatic carbocycles. The number of benzene rings is 2. The van der Waals surface area contributed by atoms with Crippen molar-refractivity contribution in [1.29, 1.82) is 0 Å². The first-order chi connectivity index (χ1) is 10.3. The number of hydrogen-bond acceptors (Lipinski definition) is 2. The minimum Gasteiger partial charge on any atom is -0.489 e. The molecular weight excluding hydrogens is 282 g/mol. The van der Waals surface area contributed by atoms with E-state index in [2.05, 4.69) is 29.6 Å². The number of piperidine rings is 1. The van der Waals surface area contributed by atoms with Gasteiger partial charge in [0.1, 0.15) is 12.4 Å². The zero-order chi connectivity index (χ0) is 14.5. The molecule has 0 aromatic heterocycles. The molecule has 3 rings (SSSR count). The van der Waals surface area contributed by atoms with Gasteiger partial charge in [0.15, 0.2) is 0 Å². The summed E-state index contributed by atoms with van der Waals surface area (Å²) in [6, 6.07) is 16.3. The molecule has 0 radical (unpaired) electrons. The Morgan fingerprint density at radius 2 is 1.71 bits per heavy atom. The normalized spacial score (nSPS) is 15.9. The molecule has 0 spiro atoms. The number of halogens is 1. The van der Waals surface area contributed by atoms with Gasteiger partial charge in [-0.25, -0.2) is 0 Å². The van der Waals surface area contributed by atoms with Crippen LogP contribution in [0.4, 0.5) is 0 Å². The second-order valence-electron chi connectivity index (χ2n) is 5.47. The first-order valence-corrected chi connectivity index (χ1v) is 7.87. The second-order valence-corrected chi connectivity index (χ2v) is 5.88. The van der Waals surface area contributed by atoms with Crippen LogP contribution in [0.3, 0.4) is 0 Å². The van der Waals surface area contributed by atoms with E-state index in [1.807, 2.05) is 24.3 Å². The van der Waals surface area contributed by atoms with Gasteiger partial charge in [0.25, 0.3) is 0 Å². The minimum atomic E-state index is 0.506. The molecule has 2 aromatic carbocycles. The van der Waals surface area contributed by atoms with Crippen molar-refractivity contribution in [1.82, 2.24) is 5.32 Å². The van der Waals surface area contributed by atoms with Gasteiger partial charge >= 0.3 is 0 Å². The highest BCUT2D eigenvalue weighted by molar-refractivity contribution is 6.31. The van der Waals surface area contributed by atoms with E-state index in [-0.39, 0.29) is 0 Å². The van der Waals surface area contributed by atoms with Gasteiger partial charge in [-0.05, 0) is 55.6 Å². The van der Waals surface area contributed by atoms with E-state index < -0.39 is 0 Å². The highest BCUT2D eigenvalue weighted by Gasteiger charge is 2.14. The maximum absolute atomic E-state index is 6.13. The lowest BCUT2D eigenvalue weighted by molar-refractivity contribution is 0.306. The molecule has 1 N–H and O–H groups in total. The summed E-state index contributed by atoms with van der Waals surface area (Å²) in [6.45, 7) is 2.75. The lowest BCUT2D eigenvalue weighted by atomic mass is 9.90. The van der Waals surface area contributed by atoms with Gasteiger partial charge in [0, 0.05) is 10.6 Å². The van der Waals surface area contributed by atoms with Crippen LogP contribution in [0.15, 0.2) is 48.5 Å². The van der Waals surface area contributed by atoms with Gasteiger partial charge in [0.2, 0.25) is 0 Å². The Morgan fingerprint density at radius 1 is 1.00 bits per heavy atom. The van der Waals surface area contributed by atoms with Gasteiger partial charge in [0.05, 0.1) is 0 Å². The first-order valence-electron chi connectivity index (χ1n) is 7.50. The van der Waals surface area contributed by atoms with Gasteiger partial charge in [-0.2, -0.15) is 0 Å². The van der Waals surface area contributed by atoms with E-state index in [4.69, 9.17) is 16.3 Å². The van der Waals surface area contributed by atoms with Crippen LogP contribution in [0.5, 0.6) is 5.75 Å². The molecule has 1 aliphatic heterocycles. The predicted octanol–water partition coefficient (Wildman–Crippen LogP) is 4.39. The quantitative estimate of drug-likeness (QED) is 0.904. The van der Waals surface area contributed by atoms with Crippen LogP contribution in [0.25, 0.3) is 0 Å². The Bertz CT molecular complexity index is 576. The van der Waals surface area contributed by atoms with Gasteiger partial charge < -0.3 is 10.1 Å². The molecule has 1 saturated heterocycles. The molecule has 2 nitrogen and oxygen atoms in total. The number of rotatable bonds is 4. The smallest absolute Gasteiger partial charge is 0.119 e. The lowest BCUT2D eigenvalue weighted by Gasteiger charge is -2.23. The molecule has 0 amide bonds. The zero-order valence-electron chi connectivity index (χ0n) is 12.0. The molecular formula is C18H20ClNO. The van der Waals surface area contributed by atoms with Crippen molar-refractivity contribution >= 4 is 11.6 Å². The minimum absolute atomic E-state index is 0.506. The van der Waals surface area contributed by atoms with Crippen molar-refractivity contribution in [2.24, 2.45) is 0 Å². The van der Waals surface area contributed by atoms with Crippen LogP contribution in [0.2, 0.25) is 5.02 Å². The highest BCUT2D eigenvalue weighted by atomic mass is 35.5. The zero-order valence-corrected chi connectivity index (χ0v) is 12.8. The lowest BCUT2D eigenvalue weighted by Crippen LogP contribution is -2.26. The SMILES string of the molecule is Clc1ccccc1COc1ccc(C2CCNCC2)cc1. The summed E-state index contributed by atoms with van der Waals surface area (Å²) in [6.07, 6.45) is 2.44. The van der Waals surface area contributed by atoms with E-state index in [0.29, 0.717) is 12.5 Å². The van der Waals surface area contributed by atoms with Gasteiger partial charge in [-0.1, -0.05) is 41.9 Å². The predicted molar refractivity (Wildman–Crippen MR) is 87.1 cm³/mol. The summed E-state index contributed by atoms with van der Waals surface area (Å²) in [5.74, 6) is 1.58. The maximum atomic E-state index is 6.13. The molecule has 1 aliphatic rings. The summed E-state index contributed by atoms with van der Waals surface area (Å²) in [5, 5.41) is 4.16. The summed E-state index contributed by atoms with van der Waals surface area (Å²) in [7, 11) is 0. The monoisotopic (exact) mass is 301 g/mol. The fraction of sp³-hybridized carbons (Fsp3) is 0.333. The summed E-state index contributed by atoms with van der Waals surface area (Å²) in [4.78, 5) is 0. The van der Waals surface area contributed by atoms with Crippen molar-refractivity contribution < 1.29 is 4.74 Å². The third kappa shape index (κ3) is 3.78. The van der Waals surface area contributed by atoms with Crippen molar-refractivity contribution in [2.45, 2.75) is 25.4 Å². The number of nitrogens with one attached hydrogen (secondary N) is 1. The number of hydrogen-bond donors (Lipinski definition) is 1. The van der Waals surface area contributed by atoms with Crippen LogP contribution < -0.4 is 10.1 Å². The third-order valence-corrected chi connectivity index (χ3v) is 4.41. The Morgan fingerprint density at radius 3 is 2.43 bits per heavy atom. The van der Waals surface area contributed by atoms with E-state index >= 15 is 0 Å². The van der Waals surface area contributed by atoms with Gasteiger partial charge in [-0.15, -0.1) is 0 Å². The fourth-order valence-electron chi connectivity index (χ4n) is 2.77. The number of ether oxygens (including phenoxy) is 1. The molecule has 0 bridgehead atoms. The van der Waals surface area contributed by atoms with E-state index in [1.165, 1.54) is 18.4 Å². The molecule has 0 atom stereocenters. The third-order valence-electron chi connectivity index (χ3n) is 4.04. The van der Waals surface area contributed by atoms with Gasteiger partial charge in [-0.3, -0.25) is 0 Å². The standard InChI is InChI=1S/C18H20ClNO/c19-18-4-2-1-3-16(18)13-21-17-7-5-14(6-8-17)15-9-11-20-12-10-15/h1-8,15,20H,9-13H2. The first kappa shape index (κ1) is 14.4. The van der Waals surface area contributed by atoms with Crippen molar-refractivity contribution in [2.75, 3.05) is 13.1 Å². The van der Waals surface area contributed by atoms with E-state index in [1.54, 1.807) is 0 Å². The Hall–Kier alpha value is -1.51. The second kappa shape index (κ2) is 6.97. The van der Waals surface area contributed by atoms with Crippen molar-refractivity contribution in [3.05, 3.63) is 64.7 Å². The fourth-order valence-corrected chi connectivity index (χ4v) is 2.96. The summed E-state index contributed by atoms with van der Waals surface area (Å²) >= 11 is 6.13. The molecule has 1 fully saturated rings. The average molecular weight is 302 g/mol. The molecule has 0 saturated carbocycles. The van der Waals surface area contributed by atoms with E-state index in [9.17, 15) is 0 Å². The molecule has 2 aromatic rings. The molecule has 21 heavy (non-hydrogen) atoms. The largest absolute Gasteiger partial charge is 0.489 e. The van der Waals surface area contributed by atoms with Crippen LogP contribution in [-0.2, 0) is 6.61 Å². The molecule has 110 valence electrons. The van der Waals surface area contributed by atoms with Crippen LogP contribution >= 0.6 is 11.6 Å². The molecule has 0 unspecified atom stereocenters. The van der Waals surface area contributed by atoms with Crippen LogP contribution in [0, 0.1) is 0 Å². The average Bonchev–Trinajstić information content (AvgIpc) is 2.55. The molecule has 1 heterocycles. The van der Waals surface area contributed by atoms with Crippen LogP contribution in [-0.4, -0.2) is 13.1 Å². The molecule has 3 heteroatoms. The maximum Gasteiger partial charge on any atom is 0.119 e. The summed E-state index contributed by atoms with van der Waals surface area (Å²) in [5.41, 5.74) is 2.43. The van der Waals surface area contributed by atoms with Crippen molar-refractivity contribution in [3.8, 4) is 5.75 Å². The van der Waals surface area contributed by atoms with E-state index in [0.717, 1.165) is 29.4 Å². The Kier molecular flexibility index (Phi) is 4.79. The van der Waals surface area contributed by atoms with Crippen LogP contribution in [0.1, 0.15) is 29.9 Å². The summed E-state index contributed by atoms with van der Waals surface area (Å²) < 4.78 is 5.82. The topological polar surface area (TPSA) is 21.3 Å². The Labute approximate surface area is 131 Å². The van der Waals surface area contributed by atoms with Crippen molar-refractivity contribution in [3.63, 3.8) is 0 Å². The Balaban J connectivity index is 1.60. The highest BCUT2D eigenvalue weighted by Crippen LogP contribution is 2.27.